The van der Waals surface area contributed by atoms with Crippen LogP contribution in [0.1, 0.15) is 77.0 Å². The van der Waals surface area contributed by atoms with Crippen LogP contribution in [-0.2, 0) is 4.79 Å². The van der Waals surface area contributed by atoms with Gasteiger partial charge in [-0.25, -0.2) is 0 Å². The third-order valence-corrected chi connectivity index (χ3v) is 5.13. The zero-order valence-electron chi connectivity index (χ0n) is 12.9. The molecule has 5 nitrogen and oxygen atoms in total. The van der Waals surface area contributed by atoms with Gasteiger partial charge in [0.2, 0.25) is 5.91 Å². The lowest BCUT2D eigenvalue weighted by Gasteiger charge is -2.33. The van der Waals surface area contributed by atoms with Crippen LogP contribution in [0.15, 0.2) is 5.16 Å². The number of nitrogens with two attached hydrogens (primary N) is 1. The topological polar surface area (TPSA) is 87.7 Å². The molecule has 0 aromatic carbocycles. The number of rotatable bonds is 4. The van der Waals surface area contributed by atoms with E-state index in [4.69, 9.17) is 10.9 Å². The summed E-state index contributed by atoms with van der Waals surface area (Å²) in [5.74, 6) is 0.741. The van der Waals surface area contributed by atoms with E-state index in [1.807, 2.05) is 0 Å². The van der Waals surface area contributed by atoms with Crippen molar-refractivity contribution in [1.82, 2.24) is 5.32 Å². The molecule has 0 radical (unpaired) electrons. The summed E-state index contributed by atoms with van der Waals surface area (Å²) >= 11 is 0. The molecule has 0 unspecified atom stereocenters. The number of hydrogen-bond acceptors (Lipinski definition) is 3. The van der Waals surface area contributed by atoms with Crippen LogP contribution in [-0.4, -0.2) is 22.5 Å². The van der Waals surface area contributed by atoms with Gasteiger partial charge < -0.3 is 16.3 Å². The van der Waals surface area contributed by atoms with E-state index in [1.165, 1.54) is 19.3 Å². The summed E-state index contributed by atoms with van der Waals surface area (Å²) in [5, 5.41) is 15.4. The fourth-order valence-corrected chi connectivity index (χ4v) is 3.84. The molecule has 0 spiro atoms. The Morgan fingerprint density at radius 2 is 1.67 bits per heavy atom. The Bertz CT molecular complexity index is 368. The SMILES string of the molecule is N/C(=N/O)C1(NC(=O)CC2CCCCC2)CCCCCC1. The van der Waals surface area contributed by atoms with E-state index >= 15 is 0 Å². The van der Waals surface area contributed by atoms with Crippen molar-refractivity contribution in [2.45, 2.75) is 82.6 Å². The van der Waals surface area contributed by atoms with Crippen LogP contribution in [0, 0.1) is 5.92 Å². The van der Waals surface area contributed by atoms with Gasteiger partial charge in [0, 0.05) is 6.42 Å². The molecule has 2 aliphatic carbocycles. The molecule has 120 valence electrons. The molecular weight excluding hydrogens is 266 g/mol. The third kappa shape index (κ3) is 4.35. The molecule has 0 aromatic rings. The Kier molecular flexibility index (Phi) is 5.88. The molecule has 2 rings (SSSR count). The Labute approximate surface area is 127 Å². The molecule has 0 bridgehead atoms. The average molecular weight is 295 g/mol. The van der Waals surface area contributed by atoms with Crippen LogP contribution in [0.2, 0.25) is 0 Å². The molecule has 21 heavy (non-hydrogen) atoms. The van der Waals surface area contributed by atoms with Gasteiger partial charge in [-0.05, 0) is 31.6 Å². The molecule has 0 saturated heterocycles. The van der Waals surface area contributed by atoms with Crippen LogP contribution in [0.4, 0.5) is 0 Å². The van der Waals surface area contributed by atoms with Crippen LogP contribution in [0.3, 0.4) is 0 Å². The fraction of sp³-hybridized carbons (Fsp3) is 0.875. The molecule has 2 fully saturated rings. The lowest BCUT2D eigenvalue weighted by Crippen LogP contribution is -2.57. The van der Waals surface area contributed by atoms with Gasteiger partial charge in [0.15, 0.2) is 5.84 Å². The van der Waals surface area contributed by atoms with Crippen LogP contribution >= 0.6 is 0 Å². The second-order valence-corrected chi connectivity index (χ2v) is 6.74. The minimum absolute atomic E-state index is 0.0652. The molecular formula is C16H29N3O2. The smallest absolute Gasteiger partial charge is 0.221 e. The van der Waals surface area contributed by atoms with Gasteiger partial charge in [0.1, 0.15) is 5.54 Å². The highest BCUT2D eigenvalue weighted by Crippen LogP contribution is 2.29. The second-order valence-electron chi connectivity index (χ2n) is 6.74. The molecule has 0 atom stereocenters. The second kappa shape index (κ2) is 7.66. The number of amidine groups is 1. The first kappa shape index (κ1) is 16.1. The van der Waals surface area contributed by atoms with Crippen molar-refractivity contribution in [3.63, 3.8) is 0 Å². The van der Waals surface area contributed by atoms with Crippen molar-refractivity contribution in [2.24, 2.45) is 16.8 Å². The molecule has 2 aliphatic rings. The van der Waals surface area contributed by atoms with E-state index in [0.29, 0.717) is 12.3 Å². The Morgan fingerprint density at radius 3 is 2.24 bits per heavy atom. The van der Waals surface area contributed by atoms with Crippen molar-refractivity contribution in [3.8, 4) is 0 Å². The van der Waals surface area contributed by atoms with Crippen molar-refractivity contribution in [2.75, 3.05) is 0 Å². The number of carbonyl (C=O) groups is 1. The number of hydrogen-bond donors (Lipinski definition) is 3. The predicted octanol–water partition coefficient (Wildman–Crippen LogP) is 2.91. The van der Waals surface area contributed by atoms with Gasteiger partial charge in [-0.3, -0.25) is 4.79 Å². The Morgan fingerprint density at radius 1 is 1.10 bits per heavy atom. The van der Waals surface area contributed by atoms with E-state index in [1.54, 1.807) is 0 Å². The fourth-order valence-electron chi connectivity index (χ4n) is 3.84. The van der Waals surface area contributed by atoms with E-state index in [-0.39, 0.29) is 11.7 Å². The van der Waals surface area contributed by atoms with Gasteiger partial charge in [0.05, 0.1) is 0 Å². The maximum absolute atomic E-state index is 12.4. The molecule has 5 heteroatoms. The number of amides is 1. The van der Waals surface area contributed by atoms with E-state index in [2.05, 4.69) is 10.5 Å². The Hall–Kier alpha value is -1.26. The Balaban J connectivity index is 1.98. The summed E-state index contributed by atoms with van der Waals surface area (Å²) < 4.78 is 0. The highest BCUT2D eigenvalue weighted by Gasteiger charge is 2.37. The van der Waals surface area contributed by atoms with Gasteiger partial charge in [-0.2, -0.15) is 0 Å². The van der Waals surface area contributed by atoms with E-state index < -0.39 is 5.54 Å². The number of carbonyl (C=O) groups excluding carboxylic acids is 1. The highest BCUT2D eigenvalue weighted by atomic mass is 16.4. The standard InChI is InChI=1S/C16H29N3O2/c17-15(19-21)16(10-6-1-2-7-11-16)18-14(20)12-13-8-4-3-5-9-13/h13,21H,1-12H2,(H2,17,19)(H,18,20). The third-order valence-electron chi connectivity index (χ3n) is 5.13. The molecule has 0 aromatic heterocycles. The number of oxime groups is 1. The first-order valence-electron chi connectivity index (χ1n) is 8.45. The van der Waals surface area contributed by atoms with Crippen LogP contribution in [0.5, 0.6) is 0 Å². The summed E-state index contributed by atoms with van der Waals surface area (Å²) in [6.45, 7) is 0. The van der Waals surface area contributed by atoms with Crippen LogP contribution < -0.4 is 11.1 Å². The average Bonchev–Trinajstić information content (AvgIpc) is 2.73. The van der Waals surface area contributed by atoms with Crippen molar-refractivity contribution < 1.29 is 10.0 Å². The van der Waals surface area contributed by atoms with Crippen molar-refractivity contribution >= 4 is 11.7 Å². The minimum Gasteiger partial charge on any atom is -0.409 e. The van der Waals surface area contributed by atoms with E-state index in [9.17, 15) is 4.79 Å². The van der Waals surface area contributed by atoms with Crippen LogP contribution in [0.25, 0.3) is 0 Å². The summed E-state index contributed by atoms with van der Waals surface area (Å²) in [7, 11) is 0. The lowest BCUT2D eigenvalue weighted by molar-refractivity contribution is -0.123. The number of nitrogens with zero attached hydrogens (tertiary/aromatic N) is 1. The van der Waals surface area contributed by atoms with Gasteiger partial charge in [0.25, 0.3) is 0 Å². The zero-order valence-corrected chi connectivity index (χ0v) is 12.9. The molecule has 1 amide bonds. The normalized spacial score (nSPS) is 24.3. The highest BCUT2D eigenvalue weighted by molar-refractivity contribution is 5.94. The zero-order chi connectivity index (χ0) is 15.1. The summed E-state index contributed by atoms with van der Waals surface area (Å²) in [5.41, 5.74) is 5.29. The molecule has 4 N–H and O–H groups in total. The lowest BCUT2D eigenvalue weighted by atomic mass is 9.85. The largest absolute Gasteiger partial charge is 0.409 e. The molecule has 0 heterocycles. The summed E-state index contributed by atoms with van der Waals surface area (Å²) in [6, 6.07) is 0. The summed E-state index contributed by atoms with van der Waals surface area (Å²) in [4.78, 5) is 12.4. The predicted molar refractivity (Wildman–Crippen MR) is 83.2 cm³/mol. The molecule has 2 saturated carbocycles. The van der Waals surface area contributed by atoms with Gasteiger partial charge in [-0.15, -0.1) is 0 Å². The van der Waals surface area contributed by atoms with E-state index in [0.717, 1.165) is 51.4 Å². The first-order valence-corrected chi connectivity index (χ1v) is 8.45. The van der Waals surface area contributed by atoms with Gasteiger partial charge >= 0.3 is 0 Å². The monoisotopic (exact) mass is 295 g/mol. The number of nitrogens with one attached hydrogen (secondary N) is 1. The first-order chi connectivity index (χ1) is 10.2. The van der Waals surface area contributed by atoms with Crippen molar-refractivity contribution in [1.29, 1.82) is 0 Å². The van der Waals surface area contributed by atoms with Gasteiger partial charge in [-0.1, -0.05) is 50.1 Å². The molecule has 0 aliphatic heterocycles. The quantitative estimate of drug-likeness (QED) is 0.245. The maximum Gasteiger partial charge on any atom is 0.221 e. The van der Waals surface area contributed by atoms with Crippen molar-refractivity contribution in [3.05, 3.63) is 0 Å². The summed E-state index contributed by atoms with van der Waals surface area (Å²) in [6.07, 6.45) is 12.6. The maximum atomic E-state index is 12.4. The minimum atomic E-state index is -0.628.